The van der Waals surface area contributed by atoms with Crippen molar-refractivity contribution >= 4 is 54.6 Å². The molecule has 0 atom stereocenters. The standard InChI is InChI=1S/C37H30N2O14P2/c40-22-7-1-18-13-26(35(43)52-30(18)15-22)34(42)39-21-5-3-20(4-6-21)38-33(41)19-2-10-25-29(14-19)37(53-36(25)44)27-11-8-23(54(45,46)47)16-31(27)51-32-17-24(55(48,49)50)9-12-28(32)37/h1-2,7-17,20-21,40H,3-6H2,(H,38,41)(H,39,42)(H2,45,46,47)(H2,48,49,50). The summed E-state index contributed by atoms with van der Waals surface area (Å²) in [6.07, 6.45) is 1.95. The lowest BCUT2D eigenvalue weighted by Gasteiger charge is -2.37. The Balaban J connectivity index is 1.04. The third-order valence-corrected chi connectivity index (χ3v) is 12.0. The van der Waals surface area contributed by atoms with Crippen molar-refractivity contribution in [2.24, 2.45) is 0 Å². The number of esters is 1. The fourth-order valence-electron chi connectivity index (χ4n) is 7.37. The van der Waals surface area contributed by atoms with Gasteiger partial charge in [0.25, 0.3) is 11.8 Å². The average molecular weight is 789 g/mol. The molecule has 1 aliphatic carbocycles. The number of ether oxygens (including phenoxy) is 2. The molecule has 0 saturated heterocycles. The van der Waals surface area contributed by atoms with E-state index in [1.807, 2.05) is 0 Å². The van der Waals surface area contributed by atoms with E-state index in [0.29, 0.717) is 31.1 Å². The minimum atomic E-state index is -4.79. The summed E-state index contributed by atoms with van der Waals surface area (Å²) in [6, 6.07) is 16.5. The number of fused-ring (bicyclic) bond motifs is 7. The van der Waals surface area contributed by atoms with Crippen LogP contribution in [0.3, 0.4) is 0 Å². The van der Waals surface area contributed by atoms with E-state index >= 15 is 0 Å². The molecule has 1 spiro atoms. The second kappa shape index (κ2) is 13.0. The summed E-state index contributed by atoms with van der Waals surface area (Å²) in [5, 5.41) is 15.1. The molecule has 16 nitrogen and oxygen atoms in total. The van der Waals surface area contributed by atoms with Gasteiger partial charge in [-0.15, -0.1) is 0 Å². The monoisotopic (exact) mass is 788 g/mol. The van der Waals surface area contributed by atoms with Gasteiger partial charge in [0.2, 0.25) is 0 Å². The Labute approximate surface area is 310 Å². The summed E-state index contributed by atoms with van der Waals surface area (Å²) in [5.41, 5.74) is -1.95. The zero-order valence-electron chi connectivity index (χ0n) is 28.3. The second-order valence-electron chi connectivity index (χ2n) is 13.5. The second-order valence-corrected chi connectivity index (χ2v) is 16.8. The number of phenols is 1. The van der Waals surface area contributed by atoms with Gasteiger partial charge in [-0.25, -0.2) is 9.59 Å². The van der Waals surface area contributed by atoms with Crippen LogP contribution in [-0.4, -0.2) is 54.5 Å². The maximum Gasteiger partial charge on any atom is 0.356 e. The van der Waals surface area contributed by atoms with Crippen molar-refractivity contribution in [2.75, 3.05) is 0 Å². The molecule has 4 aromatic carbocycles. The number of rotatable bonds is 6. The fraction of sp³-hybridized carbons (Fsp3) is 0.189. The summed E-state index contributed by atoms with van der Waals surface area (Å²) in [7, 11) is -9.58. The summed E-state index contributed by atoms with van der Waals surface area (Å²) in [5.74, 6) is -2.23. The lowest BCUT2D eigenvalue weighted by molar-refractivity contribution is 0.0224. The van der Waals surface area contributed by atoms with Crippen LogP contribution >= 0.6 is 15.2 Å². The van der Waals surface area contributed by atoms with Gasteiger partial charge in [0, 0.05) is 45.8 Å². The first kappa shape index (κ1) is 36.4. The topological polar surface area (TPSA) is 259 Å². The molecule has 3 heterocycles. The molecule has 1 fully saturated rings. The SMILES string of the molecule is O=C(NC1CCC(NC(=O)c2cc3ccc(O)cc3oc2=O)CC1)c1ccc2c(c1)C1(OC2=O)c2ccc(P(=O)(O)O)cc2Oc2cc(P(=O)(O)O)ccc21. The van der Waals surface area contributed by atoms with E-state index in [0.717, 1.165) is 24.3 Å². The molecule has 0 unspecified atom stereocenters. The van der Waals surface area contributed by atoms with Crippen molar-refractivity contribution in [3.63, 3.8) is 0 Å². The van der Waals surface area contributed by atoms with Gasteiger partial charge in [-0.2, -0.15) is 0 Å². The number of phenolic OH excluding ortho intramolecular Hbond substituents is 1. The zero-order valence-corrected chi connectivity index (χ0v) is 30.1. The minimum absolute atomic E-state index is 0.0840. The van der Waals surface area contributed by atoms with Gasteiger partial charge in [-0.3, -0.25) is 18.7 Å². The molecule has 282 valence electrons. The van der Waals surface area contributed by atoms with E-state index in [-0.39, 0.29) is 68.3 Å². The first-order valence-corrected chi connectivity index (χ1v) is 20.1. The van der Waals surface area contributed by atoms with Crippen LogP contribution in [0, 0.1) is 0 Å². The van der Waals surface area contributed by atoms with Crippen LogP contribution < -0.4 is 31.6 Å². The van der Waals surface area contributed by atoms with Gasteiger partial charge in [-0.1, -0.05) is 0 Å². The fourth-order valence-corrected chi connectivity index (χ4v) is 8.48. The van der Waals surface area contributed by atoms with Crippen molar-refractivity contribution in [2.45, 2.75) is 43.4 Å². The van der Waals surface area contributed by atoms with Crippen LogP contribution in [0.5, 0.6) is 17.2 Å². The molecule has 3 aliphatic rings. The van der Waals surface area contributed by atoms with Crippen molar-refractivity contribution in [3.05, 3.63) is 123 Å². The molecule has 0 bridgehead atoms. The Hall–Kier alpha value is -5.60. The number of hydrogen-bond donors (Lipinski definition) is 7. The van der Waals surface area contributed by atoms with Gasteiger partial charge < -0.3 is 49.2 Å². The predicted octanol–water partition coefficient (Wildman–Crippen LogP) is 3.14. The summed E-state index contributed by atoms with van der Waals surface area (Å²) in [6.45, 7) is 0. The highest BCUT2D eigenvalue weighted by molar-refractivity contribution is 7.60. The van der Waals surface area contributed by atoms with E-state index < -0.39 is 54.8 Å². The number of amides is 2. The minimum Gasteiger partial charge on any atom is -0.508 e. The molecule has 55 heavy (non-hydrogen) atoms. The normalized spacial score (nSPS) is 18.4. The van der Waals surface area contributed by atoms with Crippen molar-refractivity contribution < 1.29 is 62.1 Å². The number of carbonyl (C=O) groups is 3. The molecule has 8 rings (SSSR count). The van der Waals surface area contributed by atoms with E-state index in [4.69, 9.17) is 13.9 Å². The molecule has 5 aromatic rings. The van der Waals surface area contributed by atoms with Crippen molar-refractivity contribution in [1.29, 1.82) is 0 Å². The number of hydrogen-bond acceptors (Lipinski definition) is 10. The van der Waals surface area contributed by atoms with Crippen molar-refractivity contribution in [1.82, 2.24) is 10.6 Å². The predicted molar refractivity (Wildman–Crippen MR) is 193 cm³/mol. The Morgan fingerprint density at radius 2 is 1.27 bits per heavy atom. The van der Waals surface area contributed by atoms with Crippen LogP contribution in [0.4, 0.5) is 0 Å². The first-order valence-electron chi connectivity index (χ1n) is 16.9. The summed E-state index contributed by atoms with van der Waals surface area (Å²) >= 11 is 0. The van der Waals surface area contributed by atoms with E-state index in [9.17, 15) is 53.0 Å². The smallest absolute Gasteiger partial charge is 0.356 e. The van der Waals surface area contributed by atoms with Crippen molar-refractivity contribution in [3.8, 4) is 17.2 Å². The first-order chi connectivity index (χ1) is 26.0. The molecule has 0 radical (unpaired) electrons. The Kier molecular flexibility index (Phi) is 8.61. The van der Waals surface area contributed by atoms with Crippen LogP contribution in [-0.2, 0) is 19.5 Å². The quantitative estimate of drug-likeness (QED) is 0.0741. The molecular weight excluding hydrogens is 758 g/mol. The highest BCUT2D eigenvalue weighted by atomic mass is 31.2. The number of carbonyl (C=O) groups excluding carboxylic acids is 3. The van der Waals surface area contributed by atoms with Gasteiger partial charge in [0.1, 0.15) is 28.4 Å². The van der Waals surface area contributed by atoms with Crippen LogP contribution in [0.2, 0.25) is 0 Å². The Morgan fingerprint density at radius 1 is 0.691 bits per heavy atom. The number of aromatic hydroxyl groups is 1. The third-order valence-electron chi connectivity index (χ3n) is 10.1. The average Bonchev–Trinajstić information content (AvgIpc) is 3.42. The van der Waals surface area contributed by atoms with Gasteiger partial charge >= 0.3 is 26.8 Å². The largest absolute Gasteiger partial charge is 0.508 e. The van der Waals surface area contributed by atoms with Gasteiger partial charge in [-0.05, 0) is 98.5 Å². The molecule has 7 N–H and O–H groups in total. The Bertz CT molecular complexity index is 2570. The molecular formula is C37H30N2O14P2. The molecule has 2 amide bonds. The molecule has 1 saturated carbocycles. The maximum atomic E-state index is 13.7. The van der Waals surface area contributed by atoms with Crippen LogP contribution in [0.25, 0.3) is 11.0 Å². The van der Waals surface area contributed by atoms with E-state index in [1.54, 1.807) is 0 Å². The van der Waals surface area contributed by atoms with Gasteiger partial charge in [0.15, 0.2) is 5.60 Å². The van der Waals surface area contributed by atoms with Crippen LogP contribution in [0.1, 0.15) is 73.4 Å². The number of benzene rings is 4. The molecule has 18 heteroatoms. The van der Waals surface area contributed by atoms with E-state index in [1.165, 1.54) is 54.6 Å². The molecule has 2 aliphatic heterocycles. The van der Waals surface area contributed by atoms with Crippen LogP contribution in [0.15, 0.2) is 88.1 Å². The lowest BCUT2D eigenvalue weighted by atomic mass is 9.77. The third kappa shape index (κ3) is 6.42. The van der Waals surface area contributed by atoms with Gasteiger partial charge in [0.05, 0.1) is 16.2 Å². The lowest BCUT2D eigenvalue weighted by Crippen LogP contribution is -2.44. The number of nitrogens with one attached hydrogen (secondary N) is 2. The summed E-state index contributed by atoms with van der Waals surface area (Å²) in [4.78, 5) is 92.1. The highest BCUT2D eigenvalue weighted by Crippen LogP contribution is 2.57. The van der Waals surface area contributed by atoms with E-state index in [2.05, 4.69) is 10.6 Å². The molecule has 1 aromatic heterocycles. The maximum absolute atomic E-state index is 13.7. The summed E-state index contributed by atoms with van der Waals surface area (Å²) < 4.78 is 41.5. The highest BCUT2D eigenvalue weighted by Gasteiger charge is 2.54. The zero-order chi connectivity index (χ0) is 39.0. The Morgan fingerprint density at radius 3 is 1.85 bits per heavy atom.